The first-order valence-corrected chi connectivity index (χ1v) is 6.41. The number of hydrogen-bond acceptors (Lipinski definition) is 4. The fourth-order valence-electron chi connectivity index (χ4n) is 1.08. The van der Waals surface area contributed by atoms with Crippen LogP contribution >= 0.6 is 10.7 Å². The third-order valence-corrected chi connectivity index (χ3v) is 3.23. The van der Waals surface area contributed by atoms with Crippen LogP contribution in [0.3, 0.4) is 0 Å². The van der Waals surface area contributed by atoms with Crippen LogP contribution in [0.25, 0.3) is 0 Å². The molecule has 1 aliphatic rings. The van der Waals surface area contributed by atoms with Gasteiger partial charge in [0.05, 0.1) is 18.1 Å². The normalized spacial score (nSPS) is 21.7. The Morgan fingerprint density at radius 3 is 2.40 bits per heavy atom. The fraction of sp³-hybridized carbons (Fsp3) is 0.333. The second-order valence-corrected chi connectivity index (χ2v) is 5.38. The average molecular weight is 251 g/mol. The maximum atomic E-state index is 11.1. The zero-order valence-corrected chi connectivity index (χ0v) is 9.88. The van der Waals surface area contributed by atoms with Gasteiger partial charge in [-0.2, -0.15) is 0 Å². The number of halogens is 1. The molecule has 0 radical (unpaired) electrons. The Balaban J connectivity index is 3.11. The van der Waals surface area contributed by atoms with E-state index in [0.29, 0.717) is 5.76 Å². The van der Waals surface area contributed by atoms with Crippen LogP contribution in [0.5, 0.6) is 0 Å². The lowest BCUT2D eigenvalue weighted by molar-refractivity contribution is 0.172. The Bertz CT molecular complexity index is 419. The van der Waals surface area contributed by atoms with E-state index in [-0.39, 0.29) is 4.91 Å². The van der Waals surface area contributed by atoms with Gasteiger partial charge >= 0.3 is 0 Å². The van der Waals surface area contributed by atoms with Gasteiger partial charge in [-0.15, -0.1) is 0 Å². The standard InChI is InChI=1S/C9H11ClO4S/c1-13-7-3-4-9(15(10,11)12)6-8(5-7)14-2/h3-6,8H,1-2H3. The van der Waals surface area contributed by atoms with Crippen LogP contribution in [-0.4, -0.2) is 28.7 Å². The van der Waals surface area contributed by atoms with Crippen molar-refractivity contribution in [3.63, 3.8) is 0 Å². The molecule has 1 atom stereocenters. The summed E-state index contributed by atoms with van der Waals surface area (Å²) in [7, 11) is 4.44. The highest BCUT2D eigenvalue weighted by Crippen LogP contribution is 2.20. The summed E-state index contributed by atoms with van der Waals surface area (Å²) in [6, 6.07) is 0. The smallest absolute Gasteiger partial charge is 0.261 e. The third kappa shape index (κ3) is 3.37. The first-order valence-electron chi connectivity index (χ1n) is 4.10. The number of methoxy groups -OCH3 is 2. The molecule has 0 aliphatic heterocycles. The summed E-state index contributed by atoms with van der Waals surface area (Å²) in [6.07, 6.45) is 5.47. The molecule has 1 unspecified atom stereocenters. The average Bonchev–Trinajstić information content (AvgIpc) is 2.38. The molecule has 0 saturated heterocycles. The Hall–Kier alpha value is -0.780. The summed E-state index contributed by atoms with van der Waals surface area (Å²) in [5.74, 6) is 0.522. The lowest BCUT2D eigenvalue weighted by Gasteiger charge is -2.06. The fourth-order valence-corrected chi connectivity index (χ4v) is 1.92. The van der Waals surface area contributed by atoms with E-state index in [1.165, 1.54) is 32.4 Å². The van der Waals surface area contributed by atoms with E-state index >= 15 is 0 Å². The van der Waals surface area contributed by atoms with Crippen molar-refractivity contribution < 1.29 is 17.9 Å². The molecule has 0 N–H and O–H groups in total. The van der Waals surface area contributed by atoms with Gasteiger partial charge in [-0.25, -0.2) is 8.42 Å². The second kappa shape index (κ2) is 4.83. The van der Waals surface area contributed by atoms with E-state index in [4.69, 9.17) is 20.2 Å². The van der Waals surface area contributed by atoms with Gasteiger partial charge in [-0.1, -0.05) is 0 Å². The highest BCUT2D eigenvalue weighted by Gasteiger charge is 2.16. The van der Waals surface area contributed by atoms with Crippen LogP contribution in [0, 0.1) is 0 Å². The number of hydrogen-bond donors (Lipinski definition) is 0. The lowest BCUT2D eigenvalue weighted by Crippen LogP contribution is -2.05. The zero-order valence-electron chi connectivity index (χ0n) is 8.31. The highest BCUT2D eigenvalue weighted by molar-refractivity contribution is 8.17. The minimum Gasteiger partial charge on any atom is -0.497 e. The molecule has 1 aliphatic carbocycles. The predicted molar refractivity (Wildman–Crippen MR) is 57.9 cm³/mol. The molecule has 0 amide bonds. The molecule has 0 bridgehead atoms. The van der Waals surface area contributed by atoms with Crippen molar-refractivity contribution in [3.05, 3.63) is 35.0 Å². The molecule has 15 heavy (non-hydrogen) atoms. The maximum Gasteiger partial charge on any atom is 0.261 e. The minimum atomic E-state index is -3.75. The summed E-state index contributed by atoms with van der Waals surface area (Å²) in [5.41, 5.74) is 0. The monoisotopic (exact) mass is 250 g/mol. The van der Waals surface area contributed by atoms with E-state index in [1.54, 1.807) is 6.08 Å². The maximum absolute atomic E-state index is 11.1. The van der Waals surface area contributed by atoms with Gasteiger partial charge in [-0.3, -0.25) is 0 Å². The van der Waals surface area contributed by atoms with Crippen LogP contribution in [0.15, 0.2) is 35.0 Å². The summed E-state index contributed by atoms with van der Waals surface area (Å²) >= 11 is 0. The van der Waals surface area contributed by atoms with Gasteiger partial charge in [-0.05, 0) is 24.3 Å². The van der Waals surface area contributed by atoms with E-state index in [9.17, 15) is 8.42 Å². The van der Waals surface area contributed by atoms with E-state index < -0.39 is 15.2 Å². The molecule has 0 saturated carbocycles. The van der Waals surface area contributed by atoms with Gasteiger partial charge in [0.15, 0.2) is 0 Å². The predicted octanol–water partition coefficient (Wildman–Crippen LogP) is 1.55. The Morgan fingerprint density at radius 2 is 1.93 bits per heavy atom. The van der Waals surface area contributed by atoms with E-state index in [0.717, 1.165) is 0 Å². The van der Waals surface area contributed by atoms with Crippen molar-refractivity contribution >= 4 is 19.7 Å². The molecule has 0 fully saturated rings. The minimum absolute atomic E-state index is 0.000633. The van der Waals surface area contributed by atoms with E-state index in [1.807, 2.05) is 0 Å². The Morgan fingerprint density at radius 1 is 1.27 bits per heavy atom. The van der Waals surface area contributed by atoms with Crippen molar-refractivity contribution in [1.82, 2.24) is 0 Å². The zero-order chi connectivity index (χ0) is 11.5. The van der Waals surface area contributed by atoms with Gasteiger partial charge in [0.25, 0.3) is 9.05 Å². The van der Waals surface area contributed by atoms with Crippen LogP contribution in [0.1, 0.15) is 0 Å². The van der Waals surface area contributed by atoms with Gasteiger partial charge in [0.1, 0.15) is 5.76 Å². The van der Waals surface area contributed by atoms with Crippen LogP contribution < -0.4 is 0 Å². The molecular weight excluding hydrogens is 240 g/mol. The molecule has 4 nitrogen and oxygen atoms in total. The van der Waals surface area contributed by atoms with Crippen LogP contribution in [-0.2, 0) is 18.5 Å². The molecular formula is C9H11ClO4S. The van der Waals surface area contributed by atoms with Crippen LogP contribution in [0.2, 0.25) is 0 Å². The molecule has 0 aromatic rings. The third-order valence-electron chi connectivity index (χ3n) is 1.86. The first-order chi connectivity index (χ1) is 6.97. The SMILES string of the molecule is COC1=CC(OC)C=C(S(=O)(=O)Cl)C=C1. The van der Waals surface area contributed by atoms with Gasteiger partial charge < -0.3 is 9.47 Å². The number of ether oxygens (including phenoxy) is 2. The van der Waals surface area contributed by atoms with Gasteiger partial charge in [0.2, 0.25) is 0 Å². The van der Waals surface area contributed by atoms with Crippen molar-refractivity contribution in [2.75, 3.05) is 14.2 Å². The molecule has 0 heterocycles. The molecule has 6 heteroatoms. The molecule has 1 rings (SSSR count). The van der Waals surface area contributed by atoms with Crippen molar-refractivity contribution in [3.8, 4) is 0 Å². The number of allylic oxidation sites excluding steroid dienone is 2. The van der Waals surface area contributed by atoms with E-state index in [2.05, 4.69) is 0 Å². The van der Waals surface area contributed by atoms with Crippen LogP contribution in [0.4, 0.5) is 0 Å². The quantitative estimate of drug-likeness (QED) is 0.714. The van der Waals surface area contributed by atoms with Gasteiger partial charge in [0, 0.05) is 17.8 Å². The molecule has 0 aromatic heterocycles. The lowest BCUT2D eigenvalue weighted by atomic mass is 10.3. The summed E-state index contributed by atoms with van der Waals surface area (Å²) in [6.45, 7) is 0. The first kappa shape index (κ1) is 12.3. The highest BCUT2D eigenvalue weighted by atomic mass is 35.7. The summed E-state index contributed by atoms with van der Waals surface area (Å²) in [5, 5.41) is 0. The summed E-state index contributed by atoms with van der Waals surface area (Å²) < 4.78 is 32.3. The van der Waals surface area contributed by atoms with Crippen molar-refractivity contribution in [1.29, 1.82) is 0 Å². The molecule has 84 valence electrons. The molecule has 0 aromatic carbocycles. The topological polar surface area (TPSA) is 52.6 Å². The van der Waals surface area contributed by atoms with Crippen molar-refractivity contribution in [2.24, 2.45) is 0 Å². The number of rotatable bonds is 3. The largest absolute Gasteiger partial charge is 0.497 e. The second-order valence-electron chi connectivity index (χ2n) is 2.81. The van der Waals surface area contributed by atoms with Crippen molar-refractivity contribution in [2.45, 2.75) is 6.10 Å². The summed E-state index contributed by atoms with van der Waals surface area (Å²) in [4.78, 5) is -0.000633. The Labute approximate surface area is 93.2 Å². The Kier molecular flexibility index (Phi) is 3.96. The molecule has 0 spiro atoms.